The molecule has 10 heteroatoms. The molecule has 0 aliphatic rings. The van der Waals surface area contributed by atoms with Crippen LogP contribution >= 0.6 is 15.9 Å². The van der Waals surface area contributed by atoms with Crippen molar-refractivity contribution >= 4 is 39.4 Å². The molecule has 8 nitrogen and oxygen atoms in total. The number of nitrogens with one attached hydrogen (secondary N) is 2. The highest BCUT2D eigenvalue weighted by Gasteiger charge is 2.11. The van der Waals surface area contributed by atoms with Gasteiger partial charge in [-0.3, -0.25) is 9.59 Å². The second-order valence-corrected chi connectivity index (χ2v) is 9.41. The quantitative estimate of drug-likeness (QED) is 0.340. The number of aromatic nitrogens is 2. The Kier molecular flexibility index (Phi) is 11.4. The lowest BCUT2D eigenvalue weighted by molar-refractivity contribution is -0.115. The van der Waals surface area contributed by atoms with Crippen molar-refractivity contribution in [2.75, 3.05) is 17.2 Å². The number of amides is 2. The molecule has 1 atom stereocenters. The van der Waals surface area contributed by atoms with Crippen molar-refractivity contribution in [1.82, 2.24) is 9.97 Å². The number of halogens is 2. The minimum Gasteiger partial charge on any atom is -0.489 e. The third kappa shape index (κ3) is 10.5. The first-order valence-corrected chi connectivity index (χ1v) is 12.1. The minimum absolute atomic E-state index is 0.115. The summed E-state index contributed by atoms with van der Waals surface area (Å²) in [6, 6.07) is 11.6. The normalized spacial score (nSPS) is 11.2. The Balaban J connectivity index is 0.000000346. The number of rotatable bonds is 8. The first-order chi connectivity index (χ1) is 17.0. The number of carbonyl (C=O) groups excluding carboxylic acids is 2. The molecule has 3 aromatic rings. The van der Waals surface area contributed by atoms with Gasteiger partial charge in [-0.1, -0.05) is 35.8 Å². The van der Waals surface area contributed by atoms with Crippen molar-refractivity contribution in [1.29, 1.82) is 0 Å². The molecule has 0 radical (unpaired) electrons. The van der Waals surface area contributed by atoms with E-state index in [4.69, 9.17) is 10.5 Å². The van der Waals surface area contributed by atoms with Crippen molar-refractivity contribution < 1.29 is 18.7 Å². The maximum absolute atomic E-state index is 14.3. The second-order valence-electron chi connectivity index (χ2n) is 8.50. The topological polar surface area (TPSA) is 119 Å². The summed E-state index contributed by atoms with van der Waals surface area (Å²) in [6.45, 7) is 7.29. The van der Waals surface area contributed by atoms with Crippen LogP contribution in [0.2, 0.25) is 0 Å². The van der Waals surface area contributed by atoms with Gasteiger partial charge in [-0.15, -0.1) is 0 Å². The fraction of sp³-hybridized carbons (Fsp3) is 0.308. The highest BCUT2D eigenvalue weighted by molar-refractivity contribution is 9.10. The molecular weight excluding hydrogens is 529 g/mol. The average Bonchev–Trinajstić information content (AvgIpc) is 2.77. The summed E-state index contributed by atoms with van der Waals surface area (Å²) < 4.78 is 20.7. The number of ether oxygens (including phenoxy) is 1. The van der Waals surface area contributed by atoms with Crippen LogP contribution in [-0.4, -0.2) is 34.4 Å². The summed E-state index contributed by atoms with van der Waals surface area (Å²) in [6.07, 6.45) is 4.01. The number of hydrogen-bond donors (Lipinski definition) is 3. The van der Waals surface area contributed by atoms with Gasteiger partial charge >= 0.3 is 0 Å². The summed E-state index contributed by atoms with van der Waals surface area (Å²) in [5.74, 6) is 0.853. The molecule has 0 saturated heterocycles. The lowest BCUT2D eigenvalue weighted by Gasteiger charge is -2.15. The van der Waals surface area contributed by atoms with E-state index in [1.165, 1.54) is 19.9 Å². The van der Waals surface area contributed by atoms with E-state index in [1.54, 1.807) is 48.8 Å². The molecule has 0 spiro atoms. The zero-order chi connectivity index (χ0) is 26.7. The average molecular weight is 560 g/mol. The number of nitrogens with zero attached hydrogens (tertiary/aromatic N) is 2. The Morgan fingerprint density at radius 1 is 0.972 bits per heavy atom. The SMILES string of the molecule is CC(=O)Nc1cc(-c2ccc(OC[C@@H](N)CC(C)C)c(F)c2)ccn1.CC(=O)Nc1cc(Br)ccn1. The summed E-state index contributed by atoms with van der Waals surface area (Å²) >= 11 is 3.26. The van der Waals surface area contributed by atoms with Crippen LogP contribution in [-0.2, 0) is 9.59 Å². The number of hydrogen-bond acceptors (Lipinski definition) is 6. The monoisotopic (exact) mass is 559 g/mol. The van der Waals surface area contributed by atoms with Gasteiger partial charge in [0.1, 0.15) is 18.2 Å². The molecular formula is C26H31BrFN5O3. The molecule has 0 aliphatic carbocycles. The predicted molar refractivity (Wildman–Crippen MR) is 143 cm³/mol. The molecule has 0 bridgehead atoms. The molecule has 0 saturated carbocycles. The summed E-state index contributed by atoms with van der Waals surface area (Å²) in [7, 11) is 0. The lowest BCUT2D eigenvalue weighted by Crippen LogP contribution is -2.29. The van der Waals surface area contributed by atoms with E-state index < -0.39 is 5.82 Å². The van der Waals surface area contributed by atoms with Crippen LogP contribution in [0, 0.1) is 11.7 Å². The Labute approximate surface area is 219 Å². The van der Waals surface area contributed by atoms with E-state index in [2.05, 4.69) is 50.4 Å². The molecule has 3 rings (SSSR count). The van der Waals surface area contributed by atoms with Gasteiger partial charge in [0, 0.05) is 36.8 Å². The number of benzene rings is 1. The molecule has 2 aromatic heterocycles. The number of carbonyl (C=O) groups is 2. The molecule has 0 unspecified atom stereocenters. The van der Waals surface area contributed by atoms with Gasteiger partial charge in [0.25, 0.3) is 0 Å². The van der Waals surface area contributed by atoms with E-state index in [-0.39, 0.29) is 30.2 Å². The van der Waals surface area contributed by atoms with Gasteiger partial charge in [-0.25, -0.2) is 14.4 Å². The fourth-order valence-corrected chi connectivity index (χ4v) is 3.52. The molecule has 36 heavy (non-hydrogen) atoms. The van der Waals surface area contributed by atoms with Crippen molar-refractivity contribution in [3.05, 3.63) is 65.1 Å². The van der Waals surface area contributed by atoms with Crippen LogP contribution in [0.25, 0.3) is 11.1 Å². The first-order valence-electron chi connectivity index (χ1n) is 11.3. The van der Waals surface area contributed by atoms with Crippen molar-refractivity contribution in [2.45, 2.75) is 40.2 Å². The minimum atomic E-state index is -0.452. The van der Waals surface area contributed by atoms with Gasteiger partial charge < -0.3 is 21.1 Å². The maximum atomic E-state index is 14.3. The summed E-state index contributed by atoms with van der Waals surface area (Å²) in [5.41, 5.74) is 7.38. The van der Waals surface area contributed by atoms with Crippen molar-refractivity contribution in [2.24, 2.45) is 11.7 Å². The van der Waals surface area contributed by atoms with Crippen LogP contribution in [0.3, 0.4) is 0 Å². The third-order valence-corrected chi connectivity index (χ3v) is 5.08. The van der Waals surface area contributed by atoms with E-state index in [0.29, 0.717) is 23.1 Å². The molecule has 2 heterocycles. The van der Waals surface area contributed by atoms with Crippen molar-refractivity contribution in [3.8, 4) is 16.9 Å². The number of nitrogens with two attached hydrogens (primary N) is 1. The van der Waals surface area contributed by atoms with Gasteiger partial charge in [0.2, 0.25) is 11.8 Å². The van der Waals surface area contributed by atoms with Gasteiger partial charge in [-0.05, 0) is 59.9 Å². The molecule has 0 aliphatic heterocycles. The van der Waals surface area contributed by atoms with E-state index in [9.17, 15) is 14.0 Å². The zero-order valence-corrected chi connectivity index (χ0v) is 22.3. The Bertz CT molecular complexity index is 1180. The Hall–Kier alpha value is -3.37. The smallest absolute Gasteiger partial charge is 0.222 e. The highest BCUT2D eigenvalue weighted by Crippen LogP contribution is 2.27. The van der Waals surface area contributed by atoms with E-state index >= 15 is 0 Å². The van der Waals surface area contributed by atoms with Crippen LogP contribution in [0.1, 0.15) is 34.1 Å². The Morgan fingerprint density at radius 2 is 1.56 bits per heavy atom. The van der Waals surface area contributed by atoms with Crippen LogP contribution < -0.4 is 21.1 Å². The standard InChI is InChI=1S/C19H24FN3O2.C7H7BrN2O/c1-12(2)8-16(21)11-25-18-5-4-14(9-17(18)20)15-6-7-22-19(10-15)23-13(3)24;1-5(11)10-7-4-6(8)2-3-9-7/h4-7,9-10,12,16H,8,11,21H2,1-3H3,(H,22,23,24);2-4H,1H3,(H,9,10,11)/t16-;/m0./s1. The van der Waals surface area contributed by atoms with Crippen molar-refractivity contribution in [3.63, 3.8) is 0 Å². The molecule has 4 N–H and O–H groups in total. The van der Waals surface area contributed by atoms with Gasteiger partial charge in [-0.2, -0.15) is 0 Å². The summed E-state index contributed by atoms with van der Waals surface area (Å²) in [4.78, 5) is 29.6. The van der Waals surface area contributed by atoms with Crippen LogP contribution in [0.4, 0.5) is 16.0 Å². The molecule has 2 amide bonds. The third-order valence-electron chi connectivity index (χ3n) is 4.58. The van der Waals surface area contributed by atoms with Crippen LogP contribution in [0.15, 0.2) is 59.3 Å². The number of pyridine rings is 2. The Morgan fingerprint density at radius 3 is 2.11 bits per heavy atom. The zero-order valence-electron chi connectivity index (χ0n) is 20.7. The largest absolute Gasteiger partial charge is 0.489 e. The predicted octanol–water partition coefficient (Wildman–Crippen LogP) is 5.40. The van der Waals surface area contributed by atoms with E-state index in [1.807, 2.05) is 0 Å². The molecule has 192 valence electrons. The van der Waals surface area contributed by atoms with E-state index in [0.717, 1.165) is 16.5 Å². The number of anilines is 2. The lowest BCUT2D eigenvalue weighted by atomic mass is 10.1. The fourth-order valence-electron chi connectivity index (χ4n) is 3.18. The summed E-state index contributed by atoms with van der Waals surface area (Å²) in [5, 5.41) is 5.17. The molecule has 1 aromatic carbocycles. The maximum Gasteiger partial charge on any atom is 0.222 e. The molecule has 0 fully saturated rings. The second kappa shape index (κ2) is 14.3. The van der Waals surface area contributed by atoms with Gasteiger partial charge in [0.15, 0.2) is 11.6 Å². The van der Waals surface area contributed by atoms with Crippen LogP contribution in [0.5, 0.6) is 5.75 Å². The highest BCUT2D eigenvalue weighted by atomic mass is 79.9. The van der Waals surface area contributed by atoms with Gasteiger partial charge in [0.05, 0.1) is 0 Å². The first kappa shape index (κ1) is 28.9.